The van der Waals surface area contributed by atoms with Gasteiger partial charge < -0.3 is 10.2 Å². The van der Waals surface area contributed by atoms with Crippen molar-refractivity contribution in [1.82, 2.24) is 0 Å². The van der Waals surface area contributed by atoms with Gasteiger partial charge in [0.25, 0.3) is 0 Å². The average molecular weight is 805 g/mol. The molecule has 0 fully saturated rings. The first-order valence-corrected chi connectivity index (χ1v) is 27.6. The molecule has 0 aliphatic rings. The molecule has 0 saturated heterocycles. The molecule has 0 bridgehead atoms. The molecule has 0 aromatic rings. The van der Waals surface area contributed by atoms with Gasteiger partial charge in [-0.25, -0.2) is 0 Å². The van der Waals surface area contributed by atoms with E-state index in [1.807, 2.05) is 0 Å². The van der Waals surface area contributed by atoms with E-state index in [-0.39, 0.29) is 6.10 Å². The van der Waals surface area contributed by atoms with Crippen molar-refractivity contribution in [3.63, 3.8) is 0 Å². The van der Waals surface area contributed by atoms with Crippen LogP contribution in [0.15, 0.2) is 0 Å². The minimum absolute atomic E-state index is 0.0425. The van der Waals surface area contributed by atoms with Crippen LogP contribution in [0.4, 0.5) is 0 Å². The third-order valence-electron chi connectivity index (χ3n) is 13.3. The Bertz CT molecular complexity index is 663. The fraction of sp³-hybridized carbons (Fsp3) is 1.00. The molecule has 0 spiro atoms. The molecule has 1 atom stereocenters. The SMILES string of the molecule is CCCCCCCCCCCCCCCCCCCCCCCCCCC(O)CCCCCCCCCCCCCCCCCCCCCCCCCCCCO. The van der Waals surface area contributed by atoms with E-state index in [2.05, 4.69) is 6.92 Å². The quantitative estimate of drug-likeness (QED) is 0.0601. The molecule has 0 aromatic heterocycles. The Morgan fingerprint density at radius 2 is 0.351 bits per heavy atom. The Hall–Kier alpha value is -0.0800. The van der Waals surface area contributed by atoms with Crippen LogP contribution >= 0.6 is 0 Å². The van der Waals surface area contributed by atoms with E-state index in [0.29, 0.717) is 6.61 Å². The number of hydrogen-bond acceptors (Lipinski definition) is 2. The van der Waals surface area contributed by atoms with Gasteiger partial charge in [0.2, 0.25) is 0 Å². The molecule has 0 aliphatic heterocycles. The number of aliphatic hydroxyl groups excluding tert-OH is 2. The molecule has 0 aliphatic carbocycles. The van der Waals surface area contributed by atoms with Gasteiger partial charge >= 0.3 is 0 Å². The van der Waals surface area contributed by atoms with E-state index in [4.69, 9.17) is 5.11 Å². The second kappa shape index (κ2) is 53.9. The first-order valence-electron chi connectivity index (χ1n) is 27.6. The highest BCUT2D eigenvalue weighted by atomic mass is 16.3. The summed E-state index contributed by atoms with van der Waals surface area (Å²) in [5, 5.41) is 19.2. The molecule has 0 rings (SSSR count). The van der Waals surface area contributed by atoms with Crippen molar-refractivity contribution in [2.45, 2.75) is 347 Å². The zero-order valence-electron chi connectivity index (χ0n) is 39.9. The van der Waals surface area contributed by atoms with Gasteiger partial charge in [-0.2, -0.15) is 0 Å². The summed E-state index contributed by atoms with van der Waals surface area (Å²) in [7, 11) is 0. The van der Waals surface area contributed by atoms with Gasteiger partial charge in [-0.15, -0.1) is 0 Å². The lowest BCUT2D eigenvalue weighted by Crippen LogP contribution is -2.05. The molecule has 0 heterocycles. The Kier molecular flexibility index (Phi) is 53.9. The third kappa shape index (κ3) is 53.9. The highest BCUT2D eigenvalue weighted by Gasteiger charge is 2.04. The van der Waals surface area contributed by atoms with Crippen LogP contribution < -0.4 is 0 Å². The van der Waals surface area contributed by atoms with Gasteiger partial charge in [0.05, 0.1) is 6.10 Å². The molecule has 0 radical (unpaired) electrons. The fourth-order valence-corrected chi connectivity index (χ4v) is 9.22. The van der Waals surface area contributed by atoms with E-state index in [1.54, 1.807) is 0 Å². The second-order valence-electron chi connectivity index (χ2n) is 19.3. The van der Waals surface area contributed by atoms with E-state index in [0.717, 1.165) is 19.3 Å². The van der Waals surface area contributed by atoms with Crippen molar-refractivity contribution in [3.8, 4) is 0 Å². The molecule has 57 heavy (non-hydrogen) atoms. The summed E-state index contributed by atoms with van der Waals surface area (Å²) in [5.74, 6) is 0. The molecular formula is C55H112O2. The van der Waals surface area contributed by atoms with Gasteiger partial charge in [0.15, 0.2) is 0 Å². The maximum atomic E-state index is 10.4. The van der Waals surface area contributed by atoms with Gasteiger partial charge in [-0.1, -0.05) is 322 Å². The van der Waals surface area contributed by atoms with Gasteiger partial charge in [0.1, 0.15) is 0 Å². The molecule has 0 aromatic carbocycles. The minimum Gasteiger partial charge on any atom is -0.396 e. The Morgan fingerprint density at radius 1 is 0.211 bits per heavy atom. The molecule has 0 amide bonds. The van der Waals surface area contributed by atoms with Gasteiger partial charge in [-0.05, 0) is 19.3 Å². The van der Waals surface area contributed by atoms with Crippen molar-refractivity contribution in [2.75, 3.05) is 6.61 Å². The molecular weight excluding hydrogens is 693 g/mol. The Balaban J connectivity index is 3.14. The summed E-state index contributed by atoms with van der Waals surface area (Å²) in [6.07, 6.45) is 72.9. The first-order chi connectivity index (χ1) is 28.3. The highest BCUT2D eigenvalue weighted by molar-refractivity contribution is 4.59. The zero-order chi connectivity index (χ0) is 41.1. The van der Waals surface area contributed by atoms with E-state index >= 15 is 0 Å². The lowest BCUT2D eigenvalue weighted by Gasteiger charge is -2.10. The summed E-state index contributed by atoms with van der Waals surface area (Å²) in [6.45, 7) is 2.68. The zero-order valence-corrected chi connectivity index (χ0v) is 39.9. The smallest absolute Gasteiger partial charge is 0.0540 e. The molecule has 2 N–H and O–H groups in total. The van der Waals surface area contributed by atoms with Crippen molar-refractivity contribution in [1.29, 1.82) is 0 Å². The molecule has 0 saturated carbocycles. The third-order valence-corrected chi connectivity index (χ3v) is 13.3. The normalized spacial score (nSPS) is 12.3. The van der Waals surface area contributed by atoms with Crippen LogP contribution in [0, 0.1) is 0 Å². The summed E-state index contributed by atoms with van der Waals surface area (Å²) in [4.78, 5) is 0. The molecule has 2 heteroatoms. The maximum absolute atomic E-state index is 10.4. The number of hydrogen-bond donors (Lipinski definition) is 2. The van der Waals surface area contributed by atoms with Crippen LogP contribution in [0.2, 0.25) is 0 Å². The predicted octanol–water partition coefficient (Wildman–Crippen LogP) is 19.6. The number of unbranched alkanes of at least 4 members (excludes halogenated alkanes) is 48. The molecule has 344 valence electrons. The van der Waals surface area contributed by atoms with Crippen molar-refractivity contribution in [2.24, 2.45) is 0 Å². The van der Waals surface area contributed by atoms with Crippen molar-refractivity contribution < 1.29 is 10.2 Å². The highest BCUT2D eigenvalue weighted by Crippen LogP contribution is 2.19. The lowest BCUT2D eigenvalue weighted by molar-refractivity contribution is 0.147. The molecule has 2 nitrogen and oxygen atoms in total. The standard InChI is InChI=1S/C55H112O2/c1-2-3-4-5-6-7-8-9-10-11-12-13-14-19-22-25-28-31-34-37-40-43-46-49-52-55(57)53-50-47-44-41-38-35-32-29-26-23-20-17-15-16-18-21-24-27-30-33-36-39-42-45-48-51-54-56/h55-57H,2-54H2,1H3. The summed E-state index contributed by atoms with van der Waals surface area (Å²) in [5.41, 5.74) is 0. The largest absolute Gasteiger partial charge is 0.396 e. The average Bonchev–Trinajstić information content (AvgIpc) is 3.22. The topological polar surface area (TPSA) is 40.5 Å². The van der Waals surface area contributed by atoms with Crippen LogP contribution in [-0.4, -0.2) is 22.9 Å². The predicted molar refractivity (Wildman–Crippen MR) is 259 cm³/mol. The van der Waals surface area contributed by atoms with Crippen LogP contribution in [0.3, 0.4) is 0 Å². The maximum Gasteiger partial charge on any atom is 0.0540 e. The lowest BCUT2D eigenvalue weighted by atomic mass is 10.0. The Morgan fingerprint density at radius 3 is 0.509 bits per heavy atom. The van der Waals surface area contributed by atoms with Crippen molar-refractivity contribution in [3.05, 3.63) is 0 Å². The fourth-order valence-electron chi connectivity index (χ4n) is 9.22. The number of rotatable bonds is 53. The summed E-state index contributed by atoms with van der Waals surface area (Å²) < 4.78 is 0. The van der Waals surface area contributed by atoms with E-state index in [9.17, 15) is 5.11 Å². The van der Waals surface area contributed by atoms with Crippen LogP contribution in [0.5, 0.6) is 0 Å². The summed E-state index contributed by atoms with van der Waals surface area (Å²) in [6, 6.07) is 0. The van der Waals surface area contributed by atoms with Gasteiger partial charge in [-0.3, -0.25) is 0 Å². The van der Waals surface area contributed by atoms with E-state index in [1.165, 1.54) is 315 Å². The Labute approximate surface area is 362 Å². The van der Waals surface area contributed by atoms with Gasteiger partial charge in [0, 0.05) is 6.61 Å². The van der Waals surface area contributed by atoms with Crippen molar-refractivity contribution >= 4 is 0 Å². The first kappa shape index (κ1) is 56.9. The summed E-state index contributed by atoms with van der Waals surface area (Å²) >= 11 is 0. The van der Waals surface area contributed by atoms with Crippen LogP contribution in [-0.2, 0) is 0 Å². The van der Waals surface area contributed by atoms with Crippen LogP contribution in [0.25, 0.3) is 0 Å². The number of aliphatic hydroxyl groups is 2. The van der Waals surface area contributed by atoms with Crippen LogP contribution in [0.1, 0.15) is 341 Å². The monoisotopic (exact) mass is 805 g/mol. The minimum atomic E-state index is -0.0425. The second-order valence-corrected chi connectivity index (χ2v) is 19.3. The molecule has 1 unspecified atom stereocenters. The van der Waals surface area contributed by atoms with E-state index < -0.39 is 0 Å².